The van der Waals surface area contributed by atoms with Crippen LogP contribution in [0.4, 0.5) is 9.52 Å². The van der Waals surface area contributed by atoms with Crippen LogP contribution in [0.2, 0.25) is 0 Å². The Bertz CT molecular complexity index is 813. The van der Waals surface area contributed by atoms with Crippen molar-refractivity contribution in [2.75, 3.05) is 5.32 Å². The van der Waals surface area contributed by atoms with Crippen LogP contribution in [0.3, 0.4) is 0 Å². The largest absolute Gasteiger partial charge is 0.296 e. The summed E-state index contributed by atoms with van der Waals surface area (Å²) in [5.41, 5.74) is 2.61. The molecule has 3 aromatic rings. The normalized spacial score (nSPS) is 10.5. The third-order valence-corrected chi connectivity index (χ3v) is 4.11. The standard InChI is InChI=1S/C17H14FN3OS/c1-11-2-6-13(7-3-11)16(22)19-17-21-20-15(23-17)10-12-4-8-14(18)9-5-12/h2-9H,10H2,1H3,(H,19,21,22). The van der Waals surface area contributed by atoms with Gasteiger partial charge in [0.05, 0.1) is 0 Å². The minimum absolute atomic E-state index is 0.213. The molecule has 0 spiro atoms. The fourth-order valence-electron chi connectivity index (χ4n) is 2.03. The molecule has 1 heterocycles. The predicted molar refractivity (Wildman–Crippen MR) is 88.2 cm³/mol. The van der Waals surface area contributed by atoms with Gasteiger partial charge < -0.3 is 0 Å². The zero-order chi connectivity index (χ0) is 16.2. The number of anilines is 1. The minimum Gasteiger partial charge on any atom is -0.296 e. The first-order chi connectivity index (χ1) is 11.1. The molecule has 1 N–H and O–H groups in total. The van der Waals surface area contributed by atoms with E-state index in [1.54, 1.807) is 24.3 Å². The second-order valence-corrected chi connectivity index (χ2v) is 6.19. The second kappa shape index (κ2) is 6.66. The zero-order valence-electron chi connectivity index (χ0n) is 12.4. The monoisotopic (exact) mass is 327 g/mol. The predicted octanol–water partition coefficient (Wildman–Crippen LogP) is 3.83. The number of aryl methyl sites for hydroxylation is 1. The molecule has 0 saturated carbocycles. The summed E-state index contributed by atoms with van der Waals surface area (Å²) in [6.07, 6.45) is 0.554. The van der Waals surface area contributed by atoms with Gasteiger partial charge in [0.1, 0.15) is 10.8 Å². The second-order valence-electron chi connectivity index (χ2n) is 5.12. The third-order valence-electron chi connectivity index (χ3n) is 3.27. The Morgan fingerprint density at radius 3 is 2.48 bits per heavy atom. The van der Waals surface area contributed by atoms with Gasteiger partial charge in [-0.25, -0.2) is 4.39 Å². The fourth-order valence-corrected chi connectivity index (χ4v) is 2.80. The molecule has 0 aliphatic carbocycles. The van der Waals surface area contributed by atoms with Crippen LogP contribution in [0.5, 0.6) is 0 Å². The van der Waals surface area contributed by atoms with Crippen molar-refractivity contribution in [3.05, 3.63) is 76.0 Å². The molecule has 0 unspecified atom stereocenters. The van der Waals surface area contributed by atoms with E-state index in [9.17, 15) is 9.18 Å². The lowest BCUT2D eigenvalue weighted by Crippen LogP contribution is -2.11. The summed E-state index contributed by atoms with van der Waals surface area (Å²) in [4.78, 5) is 12.1. The van der Waals surface area contributed by atoms with Crippen LogP contribution in [0.15, 0.2) is 48.5 Å². The summed E-state index contributed by atoms with van der Waals surface area (Å²) < 4.78 is 12.9. The van der Waals surface area contributed by atoms with E-state index in [2.05, 4.69) is 15.5 Å². The zero-order valence-corrected chi connectivity index (χ0v) is 13.2. The number of amides is 1. The van der Waals surface area contributed by atoms with Gasteiger partial charge in [0.25, 0.3) is 5.91 Å². The van der Waals surface area contributed by atoms with Gasteiger partial charge >= 0.3 is 0 Å². The molecule has 0 radical (unpaired) electrons. The van der Waals surface area contributed by atoms with Gasteiger partial charge in [-0.15, -0.1) is 10.2 Å². The maximum Gasteiger partial charge on any atom is 0.257 e. The van der Waals surface area contributed by atoms with Crippen molar-refractivity contribution in [3.63, 3.8) is 0 Å². The molecule has 0 aliphatic heterocycles. The highest BCUT2D eigenvalue weighted by molar-refractivity contribution is 7.15. The van der Waals surface area contributed by atoms with Gasteiger partial charge in [-0.05, 0) is 36.8 Å². The van der Waals surface area contributed by atoms with Crippen molar-refractivity contribution < 1.29 is 9.18 Å². The van der Waals surface area contributed by atoms with Crippen molar-refractivity contribution in [1.82, 2.24) is 10.2 Å². The average molecular weight is 327 g/mol. The number of nitrogens with one attached hydrogen (secondary N) is 1. The fraction of sp³-hybridized carbons (Fsp3) is 0.118. The number of halogens is 1. The molecule has 2 aromatic carbocycles. The highest BCUT2D eigenvalue weighted by Gasteiger charge is 2.10. The van der Waals surface area contributed by atoms with Crippen molar-refractivity contribution in [3.8, 4) is 0 Å². The minimum atomic E-state index is -0.267. The molecule has 0 aliphatic rings. The molecule has 116 valence electrons. The van der Waals surface area contributed by atoms with E-state index >= 15 is 0 Å². The first-order valence-corrected chi connectivity index (χ1v) is 7.86. The molecule has 0 bridgehead atoms. The highest BCUT2D eigenvalue weighted by atomic mass is 32.1. The Labute approximate surface area is 137 Å². The van der Waals surface area contributed by atoms with Crippen LogP contribution < -0.4 is 5.32 Å². The molecule has 23 heavy (non-hydrogen) atoms. The van der Waals surface area contributed by atoms with E-state index in [1.807, 2.05) is 19.1 Å². The lowest BCUT2D eigenvalue weighted by atomic mass is 10.1. The van der Waals surface area contributed by atoms with Crippen LogP contribution in [-0.4, -0.2) is 16.1 Å². The molecule has 0 fully saturated rings. The maximum absolute atomic E-state index is 12.9. The summed E-state index contributed by atoms with van der Waals surface area (Å²) in [5.74, 6) is -0.480. The van der Waals surface area contributed by atoms with Crippen LogP contribution in [0.1, 0.15) is 26.5 Å². The maximum atomic E-state index is 12.9. The molecule has 6 heteroatoms. The van der Waals surface area contributed by atoms with Gasteiger partial charge in [-0.3, -0.25) is 10.1 Å². The molecule has 0 saturated heterocycles. The number of nitrogens with zero attached hydrogens (tertiary/aromatic N) is 2. The highest BCUT2D eigenvalue weighted by Crippen LogP contribution is 2.19. The molecule has 1 aromatic heterocycles. The van der Waals surface area contributed by atoms with Crippen LogP contribution in [0, 0.1) is 12.7 Å². The van der Waals surface area contributed by atoms with Crippen LogP contribution in [-0.2, 0) is 6.42 Å². The van der Waals surface area contributed by atoms with Crippen molar-refractivity contribution in [2.24, 2.45) is 0 Å². The number of carbonyl (C=O) groups excluding carboxylic acids is 1. The summed E-state index contributed by atoms with van der Waals surface area (Å²) in [7, 11) is 0. The van der Waals surface area contributed by atoms with Crippen LogP contribution >= 0.6 is 11.3 Å². The number of hydrogen-bond acceptors (Lipinski definition) is 4. The smallest absolute Gasteiger partial charge is 0.257 e. The Morgan fingerprint density at radius 1 is 1.09 bits per heavy atom. The quantitative estimate of drug-likeness (QED) is 0.792. The van der Waals surface area contributed by atoms with Gasteiger partial charge in [-0.2, -0.15) is 0 Å². The summed E-state index contributed by atoms with van der Waals surface area (Å²) in [6, 6.07) is 13.6. The van der Waals surface area contributed by atoms with E-state index in [-0.39, 0.29) is 11.7 Å². The lowest BCUT2D eigenvalue weighted by Gasteiger charge is -2.01. The lowest BCUT2D eigenvalue weighted by molar-refractivity contribution is 0.102. The number of hydrogen-bond donors (Lipinski definition) is 1. The first kappa shape index (κ1) is 15.3. The number of benzene rings is 2. The molecular formula is C17H14FN3OS. The Kier molecular flexibility index (Phi) is 4.43. The summed E-state index contributed by atoms with van der Waals surface area (Å²) in [6.45, 7) is 1.97. The Morgan fingerprint density at radius 2 is 1.78 bits per heavy atom. The van der Waals surface area contributed by atoms with Crippen molar-refractivity contribution in [2.45, 2.75) is 13.3 Å². The van der Waals surface area contributed by atoms with E-state index < -0.39 is 0 Å². The summed E-state index contributed by atoms with van der Waals surface area (Å²) in [5, 5.41) is 12.0. The molecule has 1 amide bonds. The summed E-state index contributed by atoms with van der Waals surface area (Å²) >= 11 is 1.31. The van der Waals surface area contributed by atoms with E-state index in [4.69, 9.17) is 0 Å². The molecule has 4 nitrogen and oxygen atoms in total. The third kappa shape index (κ3) is 3.98. The topological polar surface area (TPSA) is 54.9 Å². The molecular weight excluding hydrogens is 313 g/mol. The molecule has 0 atom stereocenters. The number of carbonyl (C=O) groups is 1. The Balaban J connectivity index is 1.66. The van der Waals surface area contributed by atoms with E-state index in [1.165, 1.54) is 23.5 Å². The average Bonchev–Trinajstić information content (AvgIpc) is 2.97. The first-order valence-electron chi connectivity index (χ1n) is 7.05. The van der Waals surface area contributed by atoms with Crippen molar-refractivity contribution >= 4 is 22.4 Å². The van der Waals surface area contributed by atoms with Crippen LogP contribution in [0.25, 0.3) is 0 Å². The van der Waals surface area contributed by atoms with Gasteiger partial charge in [0.15, 0.2) is 0 Å². The van der Waals surface area contributed by atoms with Gasteiger partial charge in [0, 0.05) is 12.0 Å². The number of aromatic nitrogens is 2. The van der Waals surface area contributed by atoms with Crippen molar-refractivity contribution in [1.29, 1.82) is 0 Å². The van der Waals surface area contributed by atoms with Gasteiger partial charge in [0.2, 0.25) is 5.13 Å². The SMILES string of the molecule is Cc1ccc(C(=O)Nc2nnc(Cc3ccc(F)cc3)s2)cc1. The van der Waals surface area contributed by atoms with E-state index in [0.29, 0.717) is 17.1 Å². The van der Waals surface area contributed by atoms with E-state index in [0.717, 1.165) is 16.1 Å². The van der Waals surface area contributed by atoms with Gasteiger partial charge in [-0.1, -0.05) is 41.2 Å². The Hall–Kier alpha value is -2.60. The number of rotatable bonds is 4. The molecule has 3 rings (SSSR count).